The van der Waals surface area contributed by atoms with Gasteiger partial charge < -0.3 is 19.3 Å². The molecule has 0 N–H and O–H groups in total. The zero-order valence-electron chi connectivity index (χ0n) is 16.5. The molecule has 2 saturated heterocycles. The second-order valence-corrected chi connectivity index (χ2v) is 7.62. The van der Waals surface area contributed by atoms with Crippen molar-refractivity contribution in [2.75, 3.05) is 37.7 Å². The quantitative estimate of drug-likeness (QED) is 0.783. The van der Waals surface area contributed by atoms with Gasteiger partial charge in [0.25, 0.3) is 5.91 Å². The van der Waals surface area contributed by atoms with Gasteiger partial charge in [0.15, 0.2) is 0 Å². The van der Waals surface area contributed by atoms with Crippen molar-refractivity contribution in [3.05, 3.63) is 60.7 Å². The Bertz CT molecular complexity index is 842. The number of ether oxygens (including phenoxy) is 2. The number of likely N-dealkylation sites (tertiary alicyclic amines) is 1. The lowest BCUT2D eigenvalue weighted by molar-refractivity contribution is -0.153. The first-order valence-corrected chi connectivity index (χ1v) is 10.1. The number of amides is 2. The molecular weight excluding hydrogens is 368 g/mol. The average molecular weight is 394 g/mol. The third-order valence-corrected chi connectivity index (χ3v) is 5.54. The van der Waals surface area contributed by atoms with E-state index in [0.717, 1.165) is 24.3 Å². The largest absolute Gasteiger partial charge is 0.493 e. The number of hydrogen-bond acceptors (Lipinski definition) is 4. The van der Waals surface area contributed by atoms with E-state index < -0.39 is 5.60 Å². The van der Waals surface area contributed by atoms with Crippen LogP contribution in [0.15, 0.2) is 60.7 Å². The van der Waals surface area contributed by atoms with Crippen LogP contribution in [0.25, 0.3) is 0 Å². The summed E-state index contributed by atoms with van der Waals surface area (Å²) in [4.78, 5) is 28.8. The number of hydrogen-bond donors (Lipinski definition) is 0. The van der Waals surface area contributed by atoms with Gasteiger partial charge in [0.1, 0.15) is 18.0 Å². The van der Waals surface area contributed by atoms with Crippen LogP contribution < -0.4 is 9.64 Å². The fourth-order valence-electron chi connectivity index (χ4n) is 4.05. The molecule has 6 nitrogen and oxygen atoms in total. The average Bonchev–Trinajstić information content (AvgIpc) is 2.77. The first-order valence-electron chi connectivity index (χ1n) is 10.1. The lowest BCUT2D eigenvalue weighted by Gasteiger charge is -2.47. The van der Waals surface area contributed by atoms with Crippen molar-refractivity contribution in [2.45, 2.75) is 24.9 Å². The van der Waals surface area contributed by atoms with Gasteiger partial charge in [0.2, 0.25) is 5.91 Å². The molecule has 0 bridgehead atoms. The third-order valence-electron chi connectivity index (χ3n) is 5.54. The molecule has 0 radical (unpaired) electrons. The molecule has 2 aromatic carbocycles. The summed E-state index contributed by atoms with van der Waals surface area (Å²) < 4.78 is 11.7. The number of rotatable bonds is 5. The Hall–Kier alpha value is -2.86. The van der Waals surface area contributed by atoms with Gasteiger partial charge in [0, 0.05) is 12.2 Å². The van der Waals surface area contributed by atoms with Crippen molar-refractivity contribution in [2.24, 2.45) is 0 Å². The molecule has 29 heavy (non-hydrogen) atoms. The Morgan fingerprint density at radius 3 is 2.52 bits per heavy atom. The zero-order valence-corrected chi connectivity index (χ0v) is 16.5. The summed E-state index contributed by atoms with van der Waals surface area (Å²) in [6.07, 6.45) is 2.03. The number of para-hydroxylation sites is 2. The Kier molecular flexibility index (Phi) is 5.81. The molecule has 2 fully saturated rings. The Labute approximate surface area is 171 Å². The van der Waals surface area contributed by atoms with Crippen molar-refractivity contribution in [3.63, 3.8) is 0 Å². The molecule has 0 saturated carbocycles. The van der Waals surface area contributed by atoms with Crippen LogP contribution in [0.5, 0.6) is 5.75 Å². The summed E-state index contributed by atoms with van der Waals surface area (Å²) in [7, 11) is 0. The molecule has 4 rings (SSSR count). The van der Waals surface area contributed by atoms with Crippen molar-refractivity contribution >= 4 is 17.5 Å². The minimum absolute atomic E-state index is 0.0402. The molecule has 2 heterocycles. The summed E-state index contributed by atoms with van der Waals surface area (Å²) in [6, 6.07) is 19.2. The molecule has 2 aliphatic heterocycles. The van der Waals surface area contributed by atoms with Crippen LogP contribution in [-0.4, -0.2) is 55.2 Å². The van der Waals surface area contributed by atoms with Gasteiger partial charge >= 0.3 is 0 Å². The monoisotopic (exact) mass is 394 g/mol. The van der Waals surface area contributed by atoms with E-state index in [1.54, 1.807) is 4.90 Å². The number of benzene rings is 2. The molecule has 6 heteroatoms. The summed E-state index contributed by atoms with van der Waals surface area (Å²) in [5.41, 5.74) is 0.373. The van der Waals surface area contributed by atoms with Crippen LogP contribution in [-0.2, 0) is 14.3 Å². The van der Waals surface area contributed by atoms with Crippen molar-refractivity contribution < 1.29 is 19.1 Å². The van der Waals surface area contributed by atoms with Gasteiger partial charge in [-0.15, -0.1) is 0 Å². The number of morpholine rings is 1. The van der Waals surface area contributed by atoms with Crippen molar-refractivity contribution in [1.82, 2.24) is 4.90 Å². The zero-order chi connectivity index (χ0) is 20.1. The Morgan fingerprint density at radius 2 is 1.76 bits per heavy atom. The minimum atomic E-state index is -0.502. The fourth-order valence-corrected chi connectivity index (χ4v) is 4.05. The van der Waals surface area contributed by atoms with Crippen LogP contribution >= 0.6 is 0 Å². The lowest BCUT2D eigenvalue weighted by Crippen LogP contribution is -2.62. The predicted octanol–water partition coefficient (Wildman–Crippen LogP) is 2.88. The minimum Gasteiger partial charge on any atom is -0.493 e. The number of carbonyl (C=O) groups is 2. The molecule has 1 spiro atoms. The van der Waals surface area contributed by atoms with Gasteiger partial charge in [-0.1, -0.05) is 36.4 Å². The third kappa shape index (κ3) is 4.59. The second-order valence-electron chi connectivity index (χ2n) is 7.62. The fraction of sp³-hybridized carbons (Fsp3) is 0.391. The molecule has 1 unspecified atom stereocenters. The smallest absolute Gasteiger partial charge is 0.253 e. The van der Waals surface area contributed by atoms with E-state index in [0.29, 0.717) is 32.7 Å². The van der Waals surface area contributed by atoms with Gasteiger partial charge in [-0.05, 0) is 37.1 Å². The number of piperidine rings is 1. The number of anilines is 1. The van der Waals surface area contributed by atoms with Crippen LogP contribution in [0.3, 0.4) is 0 Å². The summed E-state index contributed by atoms with van der Waals surface area (Å²) in [6.45, 7) is 2.10. The number of nitrogens with zero attached hydrogens (tertiary/aromatic N) is 2. The van der Waals surface area contributed by atoms with Crippen molar-refractivity contribution in [3.8, 4) is 5.75 Å². The summed E-state index contributed by atoms with van der Waals surface area (Å²) in [5, 5.41) is 0. The van der Waals surface area contributed by atoms with E-state index in [-0.39, 0.29) is 18.4 Å². The highest BCUT2D eigenvalue weighted by atomic mass is 16.5. The van der Waals surface area contributed by atoms with E-state index in [2.05, 4.69) is 0 Å². The maximum absolute atomic E-state index is 12.7. The molecule has 0 aliphatic carbocycles. The van der Waals surface area contributed by atoms with E-state index in [9.17, 15) is 9.59 Å². The maximum atomic E-state index is 12.7. The molecule has 1 atom stereocenters. The standard InChI is InChI=1S/C23H26N2O4/c26-21(12-15-28-20-10-5-2-6-11-20)24-14-7-13-23(17-24)18-25(22(27)16-29-23)19-8-3-1-4-9-19/h1-6,8-11H,7,12-18H2. The lowest BCUT2D eigenvalue weighted by atomic mass is 9.90. The van der Waals surface area contributed by atoms with E-state index in [4.69, 9.17) is 9.47 Å². The highest BCUT2D eigenvalue weighted by Crippen LogP contribution is 2.32. The van der Waals surface area contributed by atoms with Crippen molar-refractivity contribution in [1.29, 1.82) is 0 Å². The maximum Gasteiger partial charge on any atom is 0.253 e. The van der Waals surface area contributed by atoms with Gasteiger partial charge in [-0.25, -0.2) is 0 Å². The molecule has 0 aromatic heterocycles. The molecular formula is C23H26N2O4. The van der Waals surface area contributed by atoms with Crippen LogP contribution in [0, 0.1) is 0 Å². The number of carbonyl (C=O) groups excluding carboxylic acids is 2. The first kappa shape index (κ1) is 19.5. The van der Waals surface area contributed by atoms with E-state index in [1.165, 1.54) is 0 Å². The highest BCUT2D eigenvalue weighted by Gasteiger charge is 2.44. The van der Waals surface area contributed by atoms with Gasteiger partial charge in [-0.2, -0.15) is 0 Å². The molecule has 152 valence electrons. The molecule has 2 aromatic rings. The van der Waals surface area contributed by atoms with Gasteiger partial charge in [0.05, 0.1) is 26.1 Å². The van der Waals surface area contributed by atoms with Crippen LogP contribution in [0.1, 0.15) is 19.3 Å². The summed E-state index contributed by atoms with van der Waals surface area (Å²) in [5.74, 6) is 0.788. The molecule has 2 amide bonds. The predicted molar refractivity (Wildman–Crippen MR) is 110 cm³/mol. The van der Waals surface area contributed by atoms with Gasteiger partial charge in [-0.3, -0.25) is 9.59 Å². The highest BCUT2D eigenvalue weighted by molar-refractivity contribution is 5.95. The normalized spacial score (nSPS) is 22.0. The van der Waals surface area contributed by atoms with Crippen LogP contribution in [0.4, 0.5) is 5.69 Å². The SMILES string of the molecule is O=C(CCOc1ccccc1)N1CCCC2(C1)CN(c1ccccc1)C(=O)CO2. The van der Waals surface area contributed by atoms with E-state index in [1.807, 2.05) is 65.6 Å². The van der Waals surface area contributed by atoms with Crippen LogP contribution in [0.2, 0.25) is 0 Å². The first-order chi connectivity index (χ1) is 14.2. The topological polar surface area (TPSA) is 59.1 Å². The Balaban J connectivity index is 1.36. The molecule has 2 aliphatic rings. The second kappa shape index (κ2) is 8.66. The summed E-state index contributed by atoms with van der Waals surface area (Å²) >= 11 is 0. The van der Waals surface area contributed by atoms with E-state index >= 15 is 0 Å². The Morgan fingerprint density at radius 1 is 1.03 bits per heavy atom.